The number of rotatable bonds is 12. The zero-order valence-corrected chi connectivity index (χ0v) is 19.3. The van der Waals surface area contributed by atoms with E-state index < -0.39 is 28.1 Å². The normalized spacial score (nSPS) is 20.4. The first kappa shape index (κ1) is 24.5. The number of hydrogen-bond donors (Lipinski definition) is 3. The van der Waals surface area contributed by atoms with Gasteiger partial charge in [0, 0.05) is 12.8 Å². The average molecular weight is 468 g/mol. The summed E-state index contributed by atoms with van der Waals surface area (Å²) in [6.45, 7) is 4.66. The molecule has 10 heteroatoms. The predicted octanol–water partition coefficient (Wildman–Crippen LogP) is 2.12. The molecule has 2 aliphatic rings. The summed E-state index contributed by atoms with van der Waals surface area (Å²) in [6.07, 6.45) is 3.35. The fourth-order valence-electron chi connectivity index (χ4n) is 3.80. The van der Waals surface area contributed by atoms with Gasteiger partial charge in [-0.2, -0.15) is 0 Å². The van der Waals surface area contributed by atoms with Gasteiger partial charge in [0.25, 0.3) is 0 Å². The van der Waals surface area contributed by atoms with E-state index in [1.165, 1.54) is 0 Å². The third-order valence-corrected chi connectivity index (χ3v) is 7.22. The predicted molar refractivity (Wildman–Crippen MR) is 121 cm³/mol. The van der Waals surface area contributed by atoms with Gasteiger partial charge in [-0.25, -0.2) is 13.1 Å². The molecule has 3 rings (SSSR count). The Hall–Kier alpha value is -2.17. The highest BCUT2D eigenvalue weighted by atomic mass is 32.2. The molecule has 0 radical (unpaired) electrons. The maximum Gasteiger partial charge on any atom is 0.321 e. The summed E-state index contributed by atoms with van der Waals surface area (Å²) in [6, 6.07) is 6.36. The Morgan fingerprint density at radius 3 is 2.69 bits per heavy atom. The first-order valence-corrected chi connectivity index (χ1v) is 12.9. The van der Waals surface area contributed by atoms with Crippen molar-refractivity contribution in [1.29, 1.82) is 0 Å². The number of oxime groups is 1. The lowest BCUT2D eigenvalue weighted by Crippen LogP contribution is -2.43. The molecule has 0 aromatic heterocycles. The van der Waals surface area contributed by atoms with Crippen molar-refractivity contribution in [2.24, 2.45) is 11.1 Å². The monoisotopic (exact) mass is 467 g/mol. The van der Waals surface area contributed by atoms with Crippen molar-refractivity contribution in [2.75, 3.05) is 25.4 Å². The molecule has 0 amide bonds. The summed E-state index contributed by atoms with van der Waals surface area (Å²) >= 11 is 0. The van der Waals surface area contributed by atoms with Crippen LogP contribution in [0.4, 0.5) is 0 Å². The second kappa shape index (κ2) is 11.6. The van der Waals surface area contributed by atoms with E-state index in [-0.39, 0.29) is 12.2 Å². The highest BCUT2D eigenvalue weighted by Crippen LogP contribution is 2.23. The number of carbonyl (C=O) groups is 1. The zero-order valence-electron chi connectivity index (χ0n) is 18.5. The Labute approximate surface area is 189 Å². The van der Waals surface area contributed by atoms with Crippen LogP contribution in [0, 0.1) is 5.92 Å². The van der Waals surface area contributed by atoms with Crippen LogP contribution >= 0.6 is 0 Å². The van der Waals surface area contributed by atoms with E-state index >= 15 is 0 Å². The molecule has 0 unspecified atom stereocenters. The van der Waals surface area contributed by atoms with Gasteiger partial charge in [-0.1, -0.05) is 18.5 Å². The molecule has 0 bridgehead atoms. The van der Waals surface area contributed by atoms with Gasteiger partial charge in [0.2, 0.25) is 10.0 Å². The van der Waals surface area contributed by atoms with Gasteiger partial charge in [-0.3, -0.25) is 4.79 Å². The molecule has 1 aromatic rings. The van der Waals surface area contributed by atoms with Crippen LogP contribution in [0.3, 0.4) is 0 Å². The Balaban J connectivity index is 1.49. The quantitative estimate of drug-likeness (QED) is 0.430. The molecule has 3 N–H and O–H groups in total. The minimum Gasteiger partial charge on any atom is -0.493 e. The van der Waals surface area contributed by atoms with E-state index in [0.29, 0.717) is 37.5 Å². The van der Waals surface area contributed by atoms with E-state index in [2.05, 4.69) is 15.2 Å². The number of carboxylic acids is 1. The number of piperidine rings is 1. The van der Waals surface area contributed by atoms with Crippen LogP contribution in [0.2, 0.25) is 0 Å². The highest BCUT2D eigenvalue weighted by molar-refractivity contribution is 7.89. The van der Waals surface area contributed by atoms with Gasteiger partial charge in [-0.05, 0) is 68.1 Å². The second-order valence-electron chi connectivity index (χ2n) is 8.42. The molecule has 0 saturated carbocycles. The summed E-state index contributed by atoms with van der Waals surface area (Å²) in [7, 11) is -3.66. The Kier molecular flexibility index (Phi) is 8.89. The number of aliphatic carboxylic acids is 1. The Morgan fingerprint density at radius 1 is 1.31 bits per heavy atom. The van der Waals surface area contributed by atoms with Gasteiger partial charge in [0.15, 0.2) is 0 Å². The van der Waals surface area contributed by atoms with Crippen molar-refractivity contribution in [2.45, 2.75) is 57.6 Å². The lowest BCUT2D eigenvalue weighted by atomic mass is 9.99. The molecule has 178 valence electrons. The van der Waals surface area contributed by atoms with Gasteiger partial charge in [0.05, 0.1) is 18.1 Å². The third kappa shape index (κ3) is 7.46. The molecule has 32 heavy (non-hydrogen) atoms. The minimum atomic E-state index is -3.66. The van der Waals surface area contributed by atoms with Crippen molar-refractivity contribution >= 4 is 21.7 Å². The van der Waals surface area contributed by atoms with Crippen molar-refractivity contribution in [3.05, 3.63) is 29.8 Å². The molecule has 2 atom stereocenters. The molecule has 0 spiro atoms. The minimum absolute atomic E-state index is 0.00509. The smallest absolute Gasteiger partial charge is 0.321 e. The Morgan fingerprint density at radius 2 is 2.03 bits per heavy atom. The summed E-state index contributed by atoms with van der Waals surface area (Å²) in [5.41, 5.74) is 1.58. The van der Waals surface area contributed by atoms with Gasteiger partial charge in [-0.15, -0.1) is 0 Å². The molecule has 1 fully saturated rings. The van der Waals surface area contributed by atoms with Crippen LogP contribution in [0.1, 0.15) is 51.0 Å². The highest BCUT2D eigenvalue weighted by Gasteiger charge is 2.31. The molecule has 2 heterocycles. The van der Waals surface area contributed by atoms with Crippen molar-refractivity contribution in [1.82, 2.24) is 10.0 Å². The summed E-state index contributed by atoms with van der Waals surface area (Å²) in [5, 5.41) is 16.9. The van der Waals surface area contributed by atoms with Crippen LogP contribution in [0.25, 0.3) is 0 Å². The first-order chi connectivity index (χ1) is 15.4. The van der Waals surface area contributed by atoms with Crippen LogP contribution in [0.5, 0.6) is 5.75 Å². The van der Waals surface area contributed by atoms with Crippen LogP contribution in [-0.2, 0) is 19.7 Å². The number of nitrogens with one attached hydrogen (secondary N) is 2. The topological polar surface area (TPSA) is 126 Å². The number of hydrogen-bond acceptors (Lipinski definition) is 7. The van der Waals surface area contributed by atoms with E-state index in [4.69, 9.17) is 9.57 Å². The number of benzene rings is 1. The van der Waals surface area contributed by atoms with Crippen molar-refractivity contribution in [3.63, 3.8) is 0 Å². The number of nitrogens with zero attached hydrogens (tertiary/aromatic N) is 1. The van der Waals surface area contributed by atoms with Gasteiger partial charge >= 0.3 is 5.97 Å². The largest absolute Gasteiger partial charge is 0.493 e. The van der Waals surface area contributed by atoms with E-state index in [9.17, 15) is 18.3 Å². The fourth-order valence-corrected chi connectivity index (χ4v) is 5.22. The molecule has 0 aliphatic carbocycles. The summed E-state index contributed by atoms with van der Waals surface area (Å²) in [4.78, 5) is 17.0. The average Bonchev–Trinajstić information content (AvgIpc) is 3.25. The van der Waals surface area contributed by atoms with Crippen LogP contribution in [0.15, 0.2) is 29.4 Å². The first-order valence-electron chi connectivity index (χ1n) is 11.3. The maximum absolute atomic E-state index is 12.1. The standard InChI is InChI=1S/C22H33N3O6S/c1-2-3-12-32(28,29)25-21(22(26)27)14-19-13-20(24-31-19)17-4-6-18(7-5-17)30-15-16-8-10-23-11-9-16/h4-7,16,19,21,23,25H,2-3,8-15H2,1H3,(H,26,27)/t19-,21-/m1/s1. The molecule has 9 nitrogen and oxygen atoms in total. The van der Waals surface area contributed by atoms with E-state index in [0.717, 1.165) is 37.2 Å². The summed E-state index contributed by atoms with van der Waals surface area (Å²) < 4.78 is 32.4. The van der Waals surface area contributed by atoms with E-state index in [1.54, 1.807) is 0 Å². The van der Waals surface area contributed by atoms with Gasteiger partial charge < -0.3 is 20.0 Å². The van der Waals surface area contributed by atoms with Gasteiger partial charge in [0.1, 0.15) is 17.9 Å². The van der Waals surface area contributed by atoms with Crippen LogP contribution < -0.4 is 14.8 Å². The lowest BCUT2D eigenvalue weighted by Gasteiger charge is -2.22. The number of ether oxygens (including phenoxy) is 1. The molecular formula is C22H33N3O6S. The lowest BCUT2D eigenvalue weighted by molar-refractivity contribution is -0.139. The van der Waals surface area contributed by atoms with E-state index in [1.807, 2.05) is 31.2 Å². The van der Waals surface area contributed by atoms with Crippen molar-refractivity contribution in [3.8, 4) is 5.75 Å². The third-order valence-electron chi connectivity index (χ3n) is 5.75. The second-order valence-corrected chi connectivity index (χ2v) is 10.3. The van der Waals surface area contributed by atoms with Crippen LogP contribution in [-0.4, -0.2) is 62.8 Å². The SMILES string of the molecule is CCCCS(=O)(=O)N[C@H](C[C@H]1CC(c2ccc(OCC3CCNCC3)cc2)=NO1)C(=O)O. The number of carboxylic acid groups (broad SMARTS) is 1. The van der Waals surface area contributed by atoms with Crippen molar-refractivity contribution < 1.29 is 27.9 Å². The summed E-state index contributed by atoms with van der Waals surface area (Å²) in [5.74, 6) is 0.0612. The fraction of sp³-hybridized carbons (Fsp3) is 0.636. The number of sulfonamides is 1. The zero-order chi connectivity index (χ0) is 23.0. The number of unbranched alkanes of at least 4 members (excludes halogenated alkanes) is 1. The maximum atomic E-state index is 12.1. The molecular weight excluding hydrogens is 434 g/mol. The Bertz CT molecular complexity index is 881. The molecule has 2 aliphatic heterocycles. The molecule has 1 aromatic carbocycles. The molecule has 1 saturated heterocycles.